The fraction of sp³-hybridized carbons (Fsp3) is 0.0847. The lowest BCUT2D eigenvalue weighted by Crippen LogP contribution is -2.61. The lowest BCUT2D eigenvalue weighted by Gasteiger charge is -2.46. The van der Waals surface area contributed by atoms with Crippen LogP contribution >= 0.6 is 0 Å². The van der Waals surface area contributed by atoms with Crippen molar-refractivity contribution in [3.63, 3.8) is 0 Å². The van der Waals surface area contributed by atoms with Crippen LogP contribution in [0.15, 0.2) is 440 Å². The molecule has 17 aromatic carbocycles. The van der Waals surface area contributed by atoms with E-state index in [0.717, 1.165) is 124 Å². The molecule has 2 aliphatic heterocycles. The van der Waals surface area contributed by atoms with E-state index in [2.05, 4.69) is 469 Å². The zero-order valence-corrected chi connectivity index (χ0v) is 69.3. The van der Waals surface area contributed by atoms with Gasteiger partial charge in [-0.15, -0.1) is 0 Å². The first-order chi connectivity index (χ1) is 59.7. The van der Waals surface area contributed by atoms with Gasteiger partial charge in [0.2, 0.25) is 0 Å². The van der Waals surface area contributed by atoms with Crippen LogP contribution < -0.4 is 31.1 Å². The van der Waals surface area contributed by atoms with Crippen LogP contribution in [0.1, 0.15) is 52.7 Å². The van der Waals surface area contributed by atoms with E-state index in [-0.39, 0.29) is 29.4 Å². The Labute approximate surface area is 715 Å². The van der Waals surface area contributed by atoms with Crippen molar-refractivity contribution in [2.45, 2.75) is 47.0 Å². The lowest BCUT2D eigenvalue weighted by atomic mass is 9.33. The molecule has 0 saturated heterocycles. The molecule has 3 nitrogen and oxygen atoms in total. The van der Waals surface area contributed by atoms with E-state index < -0.39 is 0 Å². The minimum Gasteiger partial charge on any atom is -0.310 e. The number of hydrogen-bond donors (Lipinski definition) is 0. The molecule has 0 amide bonds. The summed E-state index contributed by atoms with van der Waals surface area (Å²) in [6.07, 6.45) is 19.7. The van der Waals surface area contributed by atoms with E-state index >= 15 is 0 Å². The molecule has 0 saturated carbocycles. The Morgan fingerprint density at radius 3 is 1.06 bits per heavy atom. The molecule has 122 heavy (non-hydrogen) atoms. The van der Waals surface area contributed by atoms with Gasteiger partial charge in [0.1, 0.15) is 0 Å². The summed E-state index contributed by atoms with van der Waals surface area (Å²) in [6.45, 7) is 13.7. The van der Waals surface area contributed by atoms with Gasteiger partial charge in [0, 0.05) is 68.2 Å². The summed E-state index contributed by atoms with van der Waals surface area (Å²) in [5.74, 6) is 0.476. The van der Waals surface area contributed by atoms with Crippen LogP contribution in [-0.2, 0) is 5.41 Å². The van der Waals surface area contributed by atoms with Gasteiger partial charge in [-0.25, -0.2) is 0 Å². The first-order valence-corrected chi connectivity index (χ1v) is 43.1. The SMILES string of the molecule is CC(C)(C)C1=CC2=CC=C3C=C(c4ccc5c(c4)N(c4c(-c6ccccc6)cccc4-c4ccccc4)c4cc(N(c6ccc(-c7ccccc7)cc6)c6ccc(-c7ccccc7)cc6)cc6c4B5c4ccc(-c5cc7ccc8cc(C(C)(C)C)cc9ccc(c5)c7c89)cc4N6c4c(-c5ccccc5)cccc4-c4ccccc4)C=C4C=CC(=C1)C2C34. The number of benzene rings is 17. The Balaban J connectivity index is 0.848. The molecule has 0 radical (unpaired) electrons. The molecule has 2 heterocycles. The van der Waals surface area contributed by atoms with Crippen molar-refractivity contribution in [2.24, 2.45) is 17.3 Å². The monoisotopic (exact) mass is 1560 g/mol. The molecule has 4 heteroatoms. The van der Waals surface area contributed by atoms with Crippen LogP contribution in [0.4, 0.5) is 51.2 Å². The van der Waals surface area contributed by atoms with Crippen LogP contribution in [0.5, 0.6) is 0 Å². The van der Waals surface area contributed by atoms with Gasteiger partial charge in [-0.3, -0.25) is 0 Å². The van der Waals surface area contributed by atoms with Crippen LogP contribution in [0, 0.1) is 17.3 Å². The first-order valence-electron chi connectivity index (χ1n) is 43.1. The fourth-order valence-electron chi connectivity index (χ4n) is 20.6. The van der Waals surface area contributed by atoms with Crippen molar-refractivity contribution in [2.75, 3.05) is 14.7 Å². The zero-order valence-electron chi connectivity index (χ0n) is 69.3. The number of para-hydroxylation sites is 2. The maximum absolute atomic E-state index is 2.72. The maximum Gasteiger partial charge on any atom is 0.252 e. The van der Waals surface area contributed by atoms with Crippen molar-refractivity contribution in [1.29, 1.82) is 0 Å². The molecule has 578 valence electrons. The smallest absolute Gasteiger partial charge is 0.252 e. The molecular weight excluding hydrogens is 1470 g/mol. The van der Waals surface area contributed by atoms with Gasteiger partial charge in [0.25, 0.3) is 6.71 Å². The largest absolute Gasteiger partial charge is 0.310 e. The fourth-order valence-corrected chi connectivity index (χ4v) is 20.6. The quantitative estimate of drug-likeness (QED) is 0.0841. The Morgan fingerprint density at radius 2 is 0.639 bits per heavy atom. The van der Waals surface area contributed by atoms with Gasteiger partial charge in [-0.1, -0.05) is 393 Å². The molecule has 6 aliphatic rings. The molecule has 0 spiro atoms. The molecule has 2 unspecified atom stereocenters. The minimum absolute atomic E-state index is 0.00189. The van der Waals surface area contributed by atoms with E-state index in [4.69, 9.17) is 0 Å². The highest BCUT2D eigenvalue weighted by Gasteiger charge is 2.47. The van der Waals surface area contributed by atoms with Gasteiger partial charge >= 0.3 is 0 Å². The third-order valence-corrected chi connectivity index (χ3v) is 26.6. The zero-order chi connectivity index (χ0) is 81.6. The van der Waals surface area contributed by atoms with E-state index in [1.54, 1.807) is 0 Å². The normalized spacial score (nSPS) is 15.5. The Hall–Kier alpha value is -14.6. The third kappa shape index (κ3) is 12.2. The summed E-state index contributed by atoms with van der Waals surface area (Å²) in [5.41, 5.74) is 39.8. The predicted molar refractivity (Wildman–Crippen MR) is 520 cm³/mol. The number of nitrogens with zero attached hydrogens (tertiary/aromatic N) is 3. The topological polar surface area (TPSA) is 9.72 Å². The summed E-state index contributed by atoms with van der Waals surface area (Å²) in [7, 11) is 0. The highest BCUT2D eigenvalue weighted by atomic mass is 15.2. The van der Waals surface area contributed by atoms with E-state index in [9.17, 15) is 0 Å². The molecule has 0 bridgehead atoms. The van der Waals surface area contributed by atoms with Crippen LogP contribution in [0.3, 0.4) is 0 Å². The number of fused-ring (bicyclic) bond motifs is 4. The second-order valence-electron chi connectivity index (χ2n) is 35.9. The van der Waals surface area contributed by atoms with Crippen LogP contribution in [0.2, 0.25) is 0 Å². The summed E-state index contributed by atoms with van der Waals surface area (Å²) < 4.78 is 0. The lowest BCUT2D eigenvalue weighted by molar-refractivity contribution is 0.500. The third-order valence-electron chi connectivity index (χ3n) is 26.6. The molecule has 23 rings (SSSR count). The number of allylic oxidation sites excluding steroid dienone is 14. The molecule has 2 atom stereocenters. The molecule has 4 aliphatic carbocycles. The standard InChI is InChI=1S/C118H88BN3/c1-117(2,3)95-67-89-47-43-85-63-93(64-86-44-48-90(68-95)112(89)110(85)86)83-55-61-104-106(71-83)121(115-100(79-31-17-9-18-32-79)39-25-40-101(115)80-33-19-10-20-34-80)108-73-99(120(97-57-51-77(52-58-97)75-27-13-7-14-28-75)98-59-53-78(54-60-98)76-29-15-8-16-30-76)74-109-114(108)119(104)105-62-56-84(94-65-87-45-49-91-69-96(118(4,5)6)70-92-50-46-88(66-94)111(87)113(91)92)72-107(105)122(109)116-102(81-35-21-11-22-36-81)41-26-42-103(116)82-37-23-12-24-38-82/h7-74,110,112H,1-6H3. The van der Waals surface area contributed by atoms with E-state index in [0.29, 0.717) is 0 Å². The van der Waals surface area contributed by atoms with Crippen molar-refractivity contribution < 1.29 is 0 Å². The molecule has 0 fully saturated rings. The average Bonchev–Trinajstić information content (AvgIpc) is 0.684. The van der Waals surface area contributed by atoms with Gasteiger partial charge < -0.3 is 14.7 Å². The predicted octanol–water partition coefficient (Wildman–Crippen LogP) is 30.0. The second-order valence-corrected chi connectivity index (χ2v) is 35.9. The van der Waals surface area contributed by atoms with Gasteiger partial charge in [0.05, 0.1) is 17.1 Å². The number of rotatable bonds is 13. The number of anilines is 9. The maximum atomic E-state index is 2.72. The molecule has 0 N–H and O–H groups in total. The van der Waals surface area contributed by atoms with Gasteiger partial charge in [-0.05, 0) is 220 Å². The van der Waals surface area contributed by atoms with Crippen molar-refractivity contribution in [3.8, 4) is 77.9 Å². The molecule has 17 aromatic rings. The minimum atomic E-state index is -0.300. The Kier molecular flexibility index (Phi) is 17.0. The summed E-state index contributed by atoms with van der Waals surface area (Å²) in [6, 6.07) is 138. The van der Waals surface area contributed by atoms with E-state index in [1.165, 1.54) is 98.8 Å². The Bertz CT molecular complexity index is 7070. The van der Waals surface area contributed by atoms with E-state index in [1.807, 2.05) is 0 Å². The van der Waals surface area contributed by atoms with Crippen LogP contribution in [0.25, 0.3) is 116 Å². The molecule has 0 aromatic heterocycles. The first kappa shape index (κ1) is 72.6. The average molecular weight is 1560 g/mol. The van der Waals surface area contributed by atoms with Gasteiger partial charge in [0.15, 0.2) is 0 Å². The van der Waals surface area contributed by atoms with Crippen molar-refractivity contribution in [1.82, 2.24) is 0 Å². The summed E-state index contributed by atoms with van der Waals surface area (Å²) in [5, 5.41) is 7.65. The van der Waals surface area contributed by atoms with Crippen LogP contribution in [-0.4, -0.2) is 6.71 Å². The highest BCUT2D eigenvalue weighted by Crippen LogP contribution is 2.58. The van der Waals surface area contributed by atoms with Crippen molar-refractivity contribution in [3.05, 3.63) is 452 Å². The summed E-state index contributed by atoms with van der Waals surface area (Å²) >= 11 is 0. The summed E-state index contributed by atoms with van der Waals surface area (Å²) in [4.78, 5) is 7.96. The second kappa shape index (κ2) is 28.6. The highest BCUT2D eigenvalue weighted by molar-refractivity contribution is 7.00. The molecular formula is C118H88BN3. The van der Waals surface area contributed by atoms with Gasteiger partial charge in [-0.2, -0.15) is 0 Å². The Morgan fingerprint density at radius 1 is 0.270 bits per heavy atom. The number of hydrogen-bond acceptors (Lipinski definition) is 3. The van der Waals surface area contributed by atoms with Crippen molar-refractivity contribution >= 4 is 112 Å².